The molecule has 0 spiro atoms. The zero-order chi connectivity index (χ0) is 8.39. The fraction of sp³-hybridized carbons (Fsp3) is 0.273. The average Bonchev–Trinajstić information content (AvgIpc) is 2.77. The first-order valence-corrected chi connectivity index (χ1v) is 11.6. The molecule has 0 unspecified atom stereocenters. The van der Waals surface area contributed by atoms with Gasteiger partial charge >= 0.3 is 82.1 Å². The topological polar surface area (TPSA) is 0 Å². The molecule has 0 radical (unpaired) electrons. The number of hydrogen-bond acceptors (Lipinski definition) is 0. The molecule has 0 saturated carbocycles. The van der Waals surface area contributed by atoms with Gasteiger partial charge in [0, 0.05) is 0 Å². The van der Waals surface area contributed by atoms with E-state index in [0.29, 0.717) is 0 Å². The maximum Gasteiger partial charge on any atom is -1.00 e. The largest absolute Gasteiger partial charge is 1.00 e. The van der Waals surface area contributed by atoms with Crippen molar-refractivity contribution in [1.29, 1.82) is 0 Å². The molecule has 0 aromatic rings. The summed E-state index contributed by atoms with van der Waals surface area (Å²) >= 11 is -1.43. The molecular weight excluding hydrogens is 311 g/mol. The van der Waals surface area contributed by atoms with Crippen LogP contribution in [0.1, 0.15) is 14.3 Å². The molecule has 0 amide bonds. The smallest absolute Gasteiger partial charge is 1.00 e. The van der Waals surface area contributed by atoms with Crippen LogP contribution in [0.4, 0.5) is 0 Å². The molecule has 2 aliphatic carbocycles. The second-order valence-electron chi connectivity index (χ2n) is 3.27. The van der Waals surface area contributed by atoms with E-state index < -0.39 is 21.4 Å². The molecule has 0 heterocycles. The van der Waals surface area contributed by atoms with Crippen LogP contribution in [0.2, 0.25) is 4.68 Å². The van der Waals surface area contributed by atoms with Crippen LogP contribution in [0.25, 0.3) is 0 Å². The van der Waals surface area contributed by atoms with Crippen molar-refractivity contribution in [2.45, 2.75) is 17.5 Å². The van der Waals surface area contributed by atoms with Crippen molar-refractivity contribution in [3.8, 4) is 0 Å². The Balaban J connectivity index is 0.000000845. The SMILES string of the molecule is [CH3][Hf+]([C]1=CC=CC1)[C]1=CC=CC1.[H-]. The third kappa shape index (κ3) is 1.61. The summed E-state index contributed by atoms with van der Waals surface area (Å²) in [7, 11) is 0. The Bertz CT molecular complexity index is 267. The van der Waals surface area contributed by atoms with Crippen LogP contribution in [-0.4, -0.2) is 0 Å². The van der Waals surface area contributed by atoms with Gasteiger partial charge in [-0.3, -0.25) is 0 Å². The van der Waals surface area contributed by atoms with Crippen LogP contribution in [0.5, 0.6) is 0 Å². The Morgan fingerprint density at radius 2 is 1.58 bits per heavy atom. The van der Waals surface area contributed by atoms with Gasteiger partial charge in [-0.25, -0.2) is 0 Å². The van der Waals surface area contributed by atoms with Crippen LogP contribution >= 0.6 is 0 Å². The van der Waals surface area contributed by atoms with E-state index in [1.54, 1.807) is 6.66 Å². The normalized spacial score (nSPS) is 19.8. The Morgan fingerprint density at radius 1 is 1.08 bits per heavy atom. The minimum atomic E-state index is -1.43. The van der Waals surface area contributed by atoms with E-state index in [1.165, 1.54) is 12.8 Å². The van der Waals surface area contributed by atoms with E-state index in [1.807, 2.05) is 0 Å². The van der Waals surface area contributed by atoms with E-state index in [-0.39, 0.29) is 1.43 Å². The molecule has 0 aliphatic heterocycles. The second-order valence-corrected chi connectivity index (χ2v) is 12.4. The van der Waals surface area contributed by atoms with Gasteiger partial charge in [-0.05, 0) is 0 Å². The van der Waals surface area contributed by atoms with Gasteiger partial charge in [-0.2, -0.15) is 0 Å². The van der Waals surface area contributed by atoms with Gasteiger partial charge in [-0.1, -0.05) is 0 Å². The van der Waals surface area contributed by atoms with Gasteiger partial charge in [-0.15, -0.1) is 0 Å². The minimum absolute atomic E-state index is 0. The zero-order valence-electron chi connectivity index (χ0n) is 8.38. The maximum atomic E-state index is 2.52. The van der Waals surface area contributed by atoms with Crippen molar-refractivity contribution in [2.24, 2.45) is 0 Å². The van der Waals surface area contributed by atoms with Crippen molar-refractivity contribution < 1.29 is 22.9 Å². The van der Waals surface area contributed by atoms with E-state index in [2.05, 4.69) is 41.1 Å². The standard InChI is InChI=1S/2C5H5.CH3.Hf.H/c2*1-2-4-5-3-1;;;/h2*1-3H,4H2;1H3;;/q;;;+1;-1. The molecule has 0 aromatic heterocycles. The fourth-order valence-electron chi connectivity index (χ4n) is 1.66. The monoisotopic (exact) mass is 326 g/mol. The van der Waals surface area contributed by atoms with Crippen LogP contribution in [0.3, 0.4) is 0 Å². The predicted molar refractivity (Wildman–Crippen MR) is 50.7 cm³/mol. The van der Waals surface area contributed by atoms with E-state index in [4.69, 9.17) is 0 Å². The Labute approximate surface area is 83.4 Å². The van der Waals surface area contributed by atoms with Crippen molar-refractivity contribution in [3.05, 3.63) is 43.1 Å². The summed E-state index contributed by atoms with van der Waals surface area (Å²) in [6.07, 6.45) is 16.2. The van der Waals surface area contributed by atoms with Crippen LogP contribution < -0.4 is 0 Å². The van der Waals surface area contributed by atoms with Gasteiger partial charge in [0.05, 0.1) is 0 Å². The Hall–Kier alpha value is -0.170. The summed E-state index contributed by atoms with van der Waals surface area (Å²) in [6, 6.07) is 0. The van der Waals surface area contributed by atoms with Gasteiger partial charge in [0.15, 0.2) is 0 Å². The number of rotatable bonds is 2. The average molecular weight is 325 g/mol. The Kier molecular flexibility index (Phi) is 2.60. The first-order chi connectivity index (χ1) is 5.88. The quantitative estimate of drug-likeness (QED) is 0.683. The molecule has 2 aliphatic rings. The third-order valence-electron chi connectivity index (χ3n) is 2.51. The van der Waals surface area contributed by atoms with Crippen molar-refractivity contribution in [1.82, 2.24) is 0 Å². The molecule has 0 saturated heterocycles. The molecule has 62 valence electrons. The third-order valence-corrected chi connectivity index (χ3v) is 12.1. The predicted octanol–water partition coefficient (Wildman–Crippen LogP) is 3.45. The summed E-state index contributed by atoms with van der Waals surface area (Å²) in [5, 5.41) is 0. The second kappa shape index (κ2) is 3.69. The minimum Gasteiger partial charge on any atom is -1.00 e. The molecule has 0 bridgehead atoms. The van der Waals surface area contributed by atoms with Gasteiger partial charge < -0.3 is 1.43 Å². The summed E-state index contributed by atoms with van der Waals surface area (Å²) in [5.41, 5.74) is 0. The van der Waals surface area contributed by atoms with E-state index in [9.17, 15) is 0 Å². The van der Waals surface area contributed by atoms with Crippen molar-refractivity contribution >= 4 is 0 Å². The van der Waals surface area contributed by atoms with Crippen LogP contribution in [0.15, 0.2) is 43.1 Å². The maximum absolute atomic E-state index is 2.52. The van der Waals surface area contributed by atoms with Crippen molar-refractivity contribution in [3.63, 3.8) is 0 Å². The molecule has 0 atom stereocenters. The first kappa shape index (κ1) is 8.43. The van der Waals surface area contributed by atoms with E-state index in [0.717, 1.165) is 0 Å². The van der Waals surface area contributed by atoms with Crippen molar-refractivity contribution in [2.75, 3.05) is 0 Å². The fourth-order valence-corrected chi connectivity index (χ4v) is 8.67. The van der Waals surface area contributed by atoms with Gasteiger partial charge in [0.1, 0.15) is 0 Å². The van der Waals surface area contributed by atoms with Gasteiger partial charge in [0.25, 0.3) is 0 Å². The molecule has 1 heteroatoms. The summed E-state index contributed by atoms with van der Waals surface area (Å²) in [5.74, 6) is 0. The molecule has 0 aromatic carbocycles. The molecule has 0 nitrogen and oxygen atoms in total. The molecular formula is C11H14Hf. The summed E-state index contributed by atoms with van der Waals surface area (Å²) in [4.78, 5) is 0. The summed E-state index contributed by atoms with van der Waals surface area (Å²) < 4.78 is 6.06. The van der Waals surface area contributed by atoms with Gasteiger partial charge in [0.2, 0.25) is 0 Å². The van der Waals surface area contributed by atoms with E-state index >= 15 is 0 Å². The molecule has 12 heavy (non-hydrogen) atoms. The molecule has 0 N–H and O–H groups in total. The number of hydrogen-bond donors (Lipinski definition) is 0. The van der Waals surface area contributed by atoms with Crippen LogP contribution in [-0.2, 0) is 21.4 Å². The first-order valence-electron chi connectivity index (χ1n) is 4.43. The van der Waals surface area contributed by atoms with Crippen LogP contribution in [0, 0.1) is 0 Å². The zero-order valence-corrected chi connectivity index (χ0v) is 11.0. The molecule has 0 fully saturated rings. The number of allylic oxidation sites excluding steroid dienone is 8. The Morgan fingerprint density at radius 3 is 1.92 bits per heavy atom. The summed E-state index contributed by atoms with van der Waals surface area (Å²) in [6.45, 7) is 0. The molecule has 2 rings (SSSR count).